The fourth-order valence-electron chi connectivity index (χ4n) is 2.09. The van der Waals surface area contributed by atoms with Crippen LogP contribution in [0.5, 0.6) is 17.2 Å². The van der Waals surface area contributed by atoms with E-state index in [0.717, 1.165) is 18.2 Å². The van der Waals surface area contributed by atoms with E-state index in [9.17, 15) is 25.0 Å². The van der Waals surface area contributed by atoms with Crippen LogP contribution in [-0.4, -0.2) is 30.2 Å². The van der Waals surface area contributed by atoms with Gasteiger partial charge in [-0.3, -0.25) is 9.79 Å². The van der Waals surface area contributed by atoms with Crippen LogP contribution in [0.1, 0.15) is 11.1 Å². The smallest absolute Gasteiger partial charge is 0.508 e. The van der Waals surface area contributed by atoms with Gasteiger partial charge in [-0.2, -0.15) is 0 Å². The van der Waals surface area contributed by atoms with E-state index in [1.165, 1.54) is 24.3 Å². The summed E-state index contributed by atoms with van der Waals surface area (Å²) in [7, 11) is -4.97. The van der Waals surface area contributed by atoms with Crippen LogP contribution < -0.4 is 4.52 Å². The van der Waals surface area contributed by atoms with E-state index in [1.807, 2.05) is 0 Å². The van der Waals surface area contributed by atoms with E-state index in [4.69, 9.17) is 9.79 Å². The average molecular weight is 342 g/mol. The Bertz CT molecular complexity index is 752. The molecule has 2 aromatic carbocycles. The molecule has 0 heterocycles. The summed E-state index contributed by atoms with van der Waals surface area (Å²) >= 11 is 0. The summed E-state index contributed by atoms with van der Waals surface area (Å²) in [5, 5.41) is 39.3. The summed E-state index contributed by atoms with van der Waals surface area (Å²) in [5.41, 5.74) is 0.0205. The van der Waals surface area contributed by atoms with Crippen LogP contribution in [0.15, 0.2) is 42.5 Å². The van der Waals surface area contributed by atoms with Crippen LogP contribution in [0.2, 0.25) is 0 Å². The molecule has 0 saturated carbocycles. The van der Waals surface area contributed by atoms with Crippen molar-refractivity contribution in [1.29, 1.82) is 0 Å². The molecule has 0 bridgehead atoms. The van der Waals surface area contributed by atoms with Gasteiger partial charge in [-0.1, -0.05) is 12.1 Å². The minimum atomic E-state index is -4.97. The van der Waals surface area contributed by atoms with Crippen LogP contribution in [-0.2, 0) is 16.8 Å². The third-order valence-electron chi connectivity index (χ3n) is 2.98. The number of phosphoric ester groups is 1. The maximum atomic E-state index is 11.0. The van der Waals surface area contributed by atoms with Crippen molar-refractivity contribution in [3.05, 3.63) is 53.6 Å². The Hall–Kier alpha value is -2.09. The quantitative estimate of drug-likeness (QED) is 0.348. The SMILES string of the molecule is O=P(O)(O)Oc1cc(O)ccc1C(O)(O)Cc1cccc(O)c1. The lowest BCUT2D eigenvalue weighted by Crippen LogP contribution is -2.28. The van der Waals surface area contributed by atoms with Crippen molar-refractivity contribution >= 4 is 7.82 Å². The van der Waals surface area contributed by atoms with Crippen molar-refractivity contribution in [3.8, 4) is 17.2 Å². The van der Waals surface area contributed by atoms with Crippen LogP contribution >= 0.6 is 7.82 Å². The molecule has 23 heavy (non-hydrogen) atoms. The minimum Gasteiger partial charge on any atom is -0.508 e. The first-order valence-corrected chi connectivity index (χ1v) is 7.91. The first-order chi connectivity index (χ1) is 10.6. The molecule has 0 spiro atoms. The zero-order chi connectivity index (χ0) is 17.3. The summed E-state index contributed by atoms with van der Waals surface area (Å²) in [6.45, 7) is 0. The van der Waals surface area contributed by atoms with Gasteiger partial charge in [-0.15, -0.1) is 0 Å². The molecule has 124 valence electrons. The molecule has 6 N–H and O–H groups in total. The van der Waals surface area contributed by atoms with Gasteiger partial charge >= 0.3 is 7.82 Å². The lowest BCUT2D eigenvalue weighted by Gasteiger charge is -2.25. The molecule has 2 aromatic rings. The third-order valence-corrected chi connectivity index (χ3v) is 3.41. The van der Waals surface area contributed by atoms with Crippen LogP contribution in [0.25, 0.3) is 0 Å². The van der Waals surface area contributed by atoms with Gasteiger partial charge in [0.05, 0.1) is 5.56 Å². The molecule has 2 rings (SSSR count). The predicted molar refractivity (Wildman–Crippen MR) is 78.7 cm³/mol. The van der Waals surface area contributed by atoms with Gasteiger partial charge in [0, 0.05) is 12.5 Å². The highest BCUT2D eigenvalue weighted by atomic mass is 31.2. The molecule has 0 aliphatic heterocycles. The molecular formula is C14H15O8P. The summed E-state index contributed by atoms with van der Waals surface area (Å²) in [6.07, 6.45) is -0.385. The van der Waals surface area contributed by atoms with E-state index in [1.54, 1.807) is 0 Å². The molecular weight excluding hydrogens is 327 g/mol. The Balaban J connectivity index is 2.40. The average Bonchev–Trinajstić information content (AvgIpc) is 2.35. The van der Waals surface area contributed by atoms with Crippen molar-refractivity contribution < 1.29 is 39.3 Å². The van der Waals surface area contributed by atoms with E-state index >= 15 is 0 Å². The van der Waals surface area contributed by atoms with E-state index in [-0.39, 0.29) is 23.5 Å². The van der Waals surface area contributed by atoms with Gasteiger partial charge in [0.25, 0.3) is 0 Å². The minimum absolute atomic E-state index is 0.0734. The number of aliphatic hydroxyl groups is 2. The number of phenols is 2. The summed E-state index contributed by atoms with van der Waals surface area (Å²) in [4.78, 5) is 17.8. The third kappa shape index (κ3) is 4.69. The Morgan fingerprint density at radius 3 is 2.26 bits per heavy atom. The first kappa shape index (κ1) is 17.3. The second-order valence-electron chi connectivity index (χ2n) is 4.93. The van der Waals surface area contributed by atoms with E-state index in [2.05, 4.69) is 4.52 Å². The number of benzene rings is 2. The maximum absolute atomic E-state index is 11.0. The Labute approximate surface area is 131 Å². The Morgan fingerprint density at radius 1 is 1.00 bits per heavy atom. The van der Waals surface area contributed by atoms with Crippen molar-refractivity contribution in [3.63, 3.8) is 0 Å². The molecule has 8 nitrogen and oxygen atoms in total. The zero-order valence-electron chi connectivity index (χ0n) is 11.7. The van der Waals surface area contributed by atoms with Crippen LogP contribution in [0.4, 0.5) is 0 Å². The Morgan fingerprint density at radius 2 is 1.65 bits per heavy atom. The maximum Gasteiger partial charge on any atom is 0.524 e. The molecule has 0 unspecified atom stereocenters. The van der Waals surface area contributed by atoms with Gasteiger partial charge < -0.3 is 24.9 Å². The number of hydrogen-bond acceptors (Lipinski definition) is 6. The van der Waals surface area contributed by atoms with Gasteiger partial charge in [-0.05, 0) is 29.8 Å². The van der Waals surface area contributed by atoms with Gasteiger partial charge in [0.15, 0.2) is 5.79 Å². The molecule has 0 saturated heterocycles. The second kappa shape index (κ2) is 6.19. The molecule has 0 aromatic heterocycles. The largest absolute Gasteiger partial charge is 0.524 e. The normalized spacial score (nSPS) is 12.2. The number of hydrogen-bond donors (Lipinski definition) is 6. The summed E-state index contributed by atoms with van der Waals surface area (Å²) in [6, 6.07) is 8.80. The lowest BCUT2D eigenvalue weighted by atomic mass is 9.97. The molecule has 0 radical (unpaired) electrons. The number of rotatable bonds is 5. The van der Waals surface area contributed by atoms with E-state index < -0.39 is 19.4 Å². The summed E-state index contributed by atoms with van der Waals surface area (Å²) < 4.78 is 15.4. The van der Waals surface area contributed by atoms with Crippen LogP contribution in [0, 0.1) is 0 Å². The van der Waals surface area contributed by atoms with Crippen LogP contribution in [0.3, 0.4) is 0 Å². The lowest BCUT2D eigenvalue weighted by molar-refractivity contribution is -0.168. The fourth-order valence-corrected chi connectivity index (χ4v) is 2.50. The Kier molecular flexibility index (Phi) is 4.65. The highest BCUT2D eigenvalue weighted by molar-refractivity contribution is 7.46. The van der Waals surface area contributed by atoms with Crippen molar-refractivity contribution in [2.24, 2.45) is 0 Å². The van der Waals surface area contributed by atoms with Gasteiger partial charge in [-0.25, -0.2) is 4.57 Å². The first-order valence-electron chi connectivity index (χ1n) is 6.38. The molecule has 0 atom stereocenters. The van der Waals surface area contributed by atoms with Crippen molar-refractivity contribution in [1.82, 2.24) is 0 Å². The molecule has 0 aliphatic carbocycles. The topological polar surface area (TPSA) is 148 Å². The predicted octanol–water partition coefficient (Wildman–Crippen LogP) is 0.949. The second-order valence-corrected chi connectivity index (χ2v) is 6.09. The number of phosphoric acid groups is 1. The van der Waals surface area contributed by atoms with Gasteiger partial charge in [0.1, 0.15) is 17.2 Å². The molecule has 0 amide bonds. The number of phenolic OH excluding ortho intramolecular Hbond substituents is 2. The summed E-state index contributed by atoms with van der Waals surface area (Å²) in [5.74, 6) is -3.56. The standard InChI is InChI=1S/C14H15O8P/c15-10-3-1-2-9(6-10)8-14(17,18)12-5-4-11(16)7-13(12)22-23(19,20)21/h1-7,15-18H,8H2,(H2,19,20,21). The van der Waals surface area contributed by atoms with Gasteiger partial charge in [0.2, 0.25) is 0 Å². The van der Waals surface area contributed by atoms with Crippen molar-refractivity contribution in [2.45, 2.75) is 12.2 Å². The van der Waals surface area contributed by atoms with Crippen molar-refractivity contribution in [2.75, 3.05) is 0 Å². The van der Waals surface area contributed by atoms with E-state index in [0.29, 0.717) is 5.56 Å². The number of aromatic hydroxyl groups is 2. The highest BCUT2D eigenvalue weighted by Crippen LogP contribution is 2.43. The monoisotopic (exact) mass is 342 g/mol. The molecule has 9 heteroatoms. The molecule has 0 fully saturated rings. The zero-order valence-corrected chi connectivity index (χ0v) is 12.6. The fraction of sp³-hybridized carbons (Fsp3) is 0.143. The highest BCUT2D eigenvalue weighted by Gasteiger charge is 2.32. The molecule has 0 aliphatic rings.